The number of aromatic hydroxyl groups is 1. The summed E-state index contributed by atoms with van der Waals surface area (Å²) >= 11 is 13.3. The second kappa shape index (κ2) is 16.2. The predicted molar refractivity (Wildman–Crippen MR) is 141 cm³/mol. The fraction of sp³-hybridized carbons (Fsp3) is 0. The van der Waals surface area contributed by atoms with Gasteiger partial charge in [0.25, 0.3) is 0 Å². The molecule has 0 amide bonds. The summed E-state index contributed by atoms with van der Waals surface area (Å²) in [7, 11) is -10.0. The van der Waals surface area contributed by atoms with Crippen molar-refractivity contribution in [2.45, 2.75) is 9.79 Å². The van der Waals surface area contributed by atoms with Crippen LogP contribution in [0, 0.1) is 0 Å². The maximum Gasteiger partial charge on any atom is 1.00 e. The molecule has 0 bridgehead atoms. The number of anilines is 2. The van der Waals surface area contributed by atoms with E-state index in [9.17, 15) is 31.0 Å². The van der Waals surface area contributed by atoms with E-state index in [0.29, 0.717) is 0 Å². The topological polar surface area (TPSA) is 210 Å². The van der Waals surface area contributed by atoms with Gasteiger partial charge in [-0.3, -0.25) is 0 Å². The number of hydrogen-bond donors (Lipinski definition) is 2. The van der Waals surface area contributed by atoms with Gasteiger partial charge in [0.15, 0.2) is 5.75 Å². The molecule has 2 N–H and O–H groups in total. The number of aromatic nitrogens is 3. The first-order chi connectivity index (χ1) is 18.2. The van der Waals surface area contributed by atoms with Crippen molar-refractivity contribution in [3.05, 3.63) is 59.1 Å². The molecule has 1 aromatic heterocycles. The molecule has 0 aliphatic heterocycles. The van der Waals surface area contributed by atoms with Crippen LogP contribution in [-0.4, -0.2) is 46.6 Å². The molecule has 21 heteroatoms. The summed E-state index contributed by atoms with van der Waals surface area (Å²) in [5.41, 5.74) is -0.827. The molecule has 0 aliphatic rings. The van der Waals surface area contributed by atoms with Crippen molar-refractivity contribution in [3.63, 3.8) is 0 Å². The molecular formula is C19H11Cl2I2N6Na2O7S2-. The standard InChI is InChI=1S/C19H12Cl2N6O7S2.HI2.2Na/c20-17-23-18(21)25-19(24-17)22-9-5-6-14(35(29,30)31)12(7-9)26-27-13-8-15(36(32,33)34)10-3-1-2-4-11(10)16(13)28;1-2;;/h1-8,28H,(H,29,30,31)(H,32,33,34)(H,22,23,24,25);1H;;/q;-1;2*+1/p-2/i;1T;;. The van der Waals surface area contributed by atoms with E-state index in [1.165, 1.54) is 30.3 Å². The van der Waals surface area contributed by atoms with Gasteiger partial charge in [-0.15, -0.1) is 10.2 Å². The van der Waals surface area contributed by atoms with Crippen LogP contribution < -0.4 is 82.8 Å². The summed E-state index contributed by atoms with van der Waals surface area (Å²) in [6.45, 7) is 0. The van der Waals surface area contributed by atoms with Gasteiger partial charge in [-0.05, 0) is 47.5 Å². The summed E-state index contributed by atoms with van der Waals surface area (Å²) < 4.78 is 76.8. The minimum Gasteiger partial charge on any atom is 1.00 e. The van der Waals surface area contributed by atoms with Crippen molar-refractivity contribution < 1.29 is 109 Å². The Labute approximate surface area is 305 Å². The molecule has 202 valence electrons. The van der Waals surface area contributed by atoms with Crippen LogP contribution in [0.1, 0.15) is 0 Å². The first-order valence-corrected chi connectivity index (χ1v) is 19.4. The molecule has 40 heavy (non-hydrogen) atoms. The quantitative estimate of drug-likeness (QED) is 0.0819. The molecule has 0 fully saturated rings. The van der Waals surface area contributed by atoms with Crippen molar-refractivity contribution in [2.24, 2.45) is 10.2 Å². The van der Waals surface area contributed by atoms with Crippen LogP contribution in [0.3, 0.4) is 0 Å². The SMILES string of the molecule is O=S(=O)([O-])c1ccc(Nc2nc(Cl)nc(Cl)n2)cc1N=Nc1cc(S(=O)(=O)[O-])c2ccccc2c1O.[3H][I-]I.[Na+].[Na+]. The molecular weight excluding hydrogens is 859 g/mol. The average Bonchev–Trinajstić information content (AvgIpc) is 2.82. The Hall–Kier alpha value is -0.01000. The number of halogens is 4. The van der Waals surface area contributed by atoms with Crippen molar-refractivity contribution >= 4 is 95.8 Å². The predicted octanol–water partition coefficient (Wildman–Crippen LogP) is -4.37. The van der Waals surface area contributed by atoms with E-state index in [0.717, 1.165) is 18.2 Å². The van der Waals surface area contributed by atoms with Crippen molar-refractivity contribution in [2.75, 3.05) is 5.32 Å². The fourth-order valence-electron chi connectivity index (χ4n) is 3.10. The van der Waals surface area contributed by atoms with Crippen molar-refractivity contribution in [1.29, 1.82) is 0.594 Å². The van der Waals surface area contributed by atoms with Crippen LogP contribution >= 0.6 is 41.8 Å². The minimum absolute atomic E-state index is 0. The zero-order valence-corrected chi connectivity index (χ0v) is 31.5. The second-order valence-electron chi connectivity index (χ2n) is 6.90. The number of phenolic OH excluding ortho intramolecular Hbond substituents is 1. The summed E-state index contributed by atoms with van der Waals surface area (Å²) in [4.78, 5) is 9.71. The molecule has 13 nitrogen and oxygen atoms in total. The Morgan fingerprint density at radius 1 is 0.875 bits per heavy atom. The van der Waals surface area contributed by atoms with Gasteiger partial charge >= 0.3 is 96.7 Å². The molecule has 4 aromatic rings. The molecule has 0 radical (unpaired) electrons. The van der Waals surface area contributed by atoms with Gasteiger partial charge < -0.3 is 19.5 Å². The number of fused-ring (bicyclic) bond motifs is 1. The van der Waals surface area contributed by atoms with Crippen LogP contribution in [-0.2, 0) is 20.2 Å². The monoisotopic (exact) mass is 871 g/mol. The smallest absolute Gasteiger partial charge is 1.00 e. The third-order valence-electron chi connectivity index (χ3n) is 4.56. The number of phenols is 1. The number of rotatable bonds is 6. The summed E-state index contributed by atoms with van der Waals surface area (Å²) in [6, 6.07) is 9.62. The van der Waals surface area contributed by atoms with Gasteiger partial charge in [0.05, 0.1) is 9.79 Å². The first kappa shape index (κ1) is 36.2. The second-order valence-corrected chi connectivity index (χ2v) is 10.3. The van der Waals surface area contributed by atoms with E-state index < -0.39 is 47.2 Å². The molecule has 4 rings (SSSR count). The van der Waals surface area contributed by atoms with E-state index in [1.807, 2.05) is 0 Å². The molecule has 3 aromatic carbocycles. The average molecular weight is 872 g/mol. The molecule has 0 aliphatic carbocycles. The Morgan fingerprint density at radius 3 is 1.95 bits per heavy atom. The molecule has 0 atom stereocenters. The molecule has 1 heterocycles. The Kier molecular flexibility index (Phi) is 14.6. The number of azo groups is 1. The van der Waals surface area contributed by atoms with Crippen LogP contribution in [0.2, 0.25) is 10.6 Å². The van der Waals surface area contributed by atoms with Gasteiger partial charge in [0.1, 0.15) is 31.6 Å². The fourth-order valence-corrected chi connectivity index (χ4v) is 4.76. The van der Waals surface area contributed by atoms with Gasteiger partial charge in [0, 0.05) is 16.5 Å². The van der Waals surface area contributed by atoms with Gasteiger partial charge in [-0.25, -0.2) is 16.8 Å². The third kappa shape index (κ3) is 9.76. The number of benzene rings is 3. The normalized spacial score (nSPS) is 11.7. The van der Waals surface area contributed by atoms with E-state index in [1.54, 1.807) is 0 Å². The summed E-state index contributed by atoms with van der Waals surface area (Å²) in [6.07, 6.45) is 0. The third-order valence-corrected chi connectivity index (χ3v) is 6.66. The van der Waals surface area contributed by atoms with E-state index in [2.05, 4.69) is 49.1 Å². The van der Waals surface area contributed by atoms with Crippen molar-refractivity contribution in [3.8, 4) is 5.75 Å². The van der Waals surface area contributed by atoms with Gasteiger partial charge in [0.2, 0.25) is 16.5 Å². The molecule has 0 saturated carbocycles. The minimum atomic E-state index is -5.04. The zero-order chi connectivity index (χ0) is 29.0. The maximum atomic E-state index is 11.8. The Balaban J connectivity index is 0.00000161. The Morgan fingerprint density at radius 2 is 1.40 bits per heavy atom. The number of hydrogen-bond acceptors (Lipinski definition) is 13. The summed E-state index contributed by atoms with van der Waals surface area (Å²) in [5, 5.41) is 20.1. The largest absolute Gasteiger partial charge is 1.00 e. The van der Waals surface area contributed by atoms with Crippen LogP contribution in [0.5, 0.6) is 5.75 Å². The van der Waals surface area contributed by atoms with Crippen LogP contribution in [0.25, 0.3) is 10.8 Å². The van der Waals surface area contributed by atoms with Crippen LogP contribution in [0.4, 0.5) is 23.0 Å². The van der Waals surface area contributed by atoms with Crippen molar-refractivity contribution in [1.82, 2.24) is 15.0 Å². The Bertz CT molecular complexity index is 1790. The van der Waals surface area contributed by atoms with Gasteiger partial charge in [-0.2, -0.15) is 15.0 Å². The van der Waals surface area contributed by atoms with E-state index in [-0.39, 0.29) is 111 Å². The zero-order valence-electron chi connectivity index (χ0n) is 21.1. The van der Waals surface area contributed by atoms with Gasteiger partial charge in [-0.1, -0.05) is 24.3 Å². The number of nitrogens with one attached hydrogen (secondary N) is 1. The number of nitrogens with zero attached hydrogens (tertiary/aromatic N) is 5. The molecule has 0 saturated heterocycles. The molecule has 0 spiro atoms. The van der Waals surface area contributed by atoms with Crippen LogP contribution in [0.15, 0.2) is 68.6 Å². The van der Waals surface area contributed by atoms with E-state index in [4.69, 9.17) is 23.8 Å². The maximum absolute atomic E-state index is 11.8. The summed E-state index contributed by atoms with van der Waals surface area (Å²) in [5.74, 6) is -0.643. The molecule has 0 unspecified atom stereocenters. The van der Waals surface area contributed by atoms with E-state index >= 15 is 0 Å². The first-order valence-electron chi connectivity index (χ1n) is 9.91.